The summed E-state index contributed by atoms with van der Waals surface area (Å²) >= 11 is 0. The van der Waals surface area contributed by atoms with E-state index in [1.165, 1.54) is 26.4 Å². The van der Waals surface area contributed by atoms with Crippen molar-refractivity contribution < 1.29 is 14.3 Å². The molecule has 2 unspecified atom stereocenters. The number of ether oxygens (including phenoxy) is 2. The van der Waals surface area contributed by atoms with E-state index in [4.69, 9.17) is 9.47 Å². The van der Waals surface area contributed by atoms with E-state index in [1.807, 2.05) is 13.8 Å². The average Bonchev–Trinajstić information content (AvgIpc) is 2.33. The van der Waals surface area contributed by atoms with Crippen LogP contribution in [0.5, 0.6) is 0 Å². The monoisotopic (exact) mass is 255 g/mol. The van der Waals surface area contributed by atoms with Crippen molar-refractivity contribution in [1.29, 1.82) is 0 Å². The molecule has 1 heterocycles. The second-order valence-corrected chi connectivity index (χ2v) is 5.99. The van der Waals surface area contributed by atoms with Crippen LogP contribution >= 0.6 is 0 Å². The fourth-order valence-electron chi connectivity index (χ4n) is 3.00. The minimum absolute atomic E-state index is 0.119. The molecule has 1 spiro atoms. The first-order valence-electron chi connectivity index (χ1n) is 7.04. The Morgan fingerprint density at radius 1 is 1.44 bits per heavy atom. The van der Waals surface area contributed by atoms with Gasteiger partial charge in [-0.15, -0.1) is 0 Å². The molecule has 0 aromatic carbocycles. The lowest BCUT2D eigenvalue weighted by molar-refractivity contribution is -0.149. The third kappa shape index (κ3) is 2.86. The van der Waals surface area contributed by atoms with Crippen molar-refractivity contribution in [2.24, 2.45) is 5.92 Å². The van der Waals surface area contributed by atoms with Crippen molar-refractivity contribution in [1.82, 2.24) is 5.32 Å². The third-order valence-electron chi connectivity index (χ3n) is 4.29. The van der Waals surface area contributed by atoms with Crippen molar-refractivity contribution in [3.05, 3.63) is 0 Å². The summed E-state index contributed by atoms with van der Waals surface area (Å²) in [6.45, 7) is 4.91. The van der Waals surface area contributed by atoms with Crippen LogP contribution in [0.25, 0.3) is 0 Å². The molecular formula is C14H25NO3. The predicted molar refractivity (Wildman–Crippen MR) is 69.3 cm³/mol. The Hall–Kier alpha value is -0.610. The molecule has 18 heavy (non-hydrogen) atoms. The number of hydrogen-bond donors (Lipinski definition) is 1. The molecule has 1 aliphatic carbocycles. The van der Waals surface area contributed by atoms with E-state index < -0.39 is 0 Å². The second kappa shape index (κ2) is 5.57. The maximum atomic E-state index is 11.8. The highest BCUT2D eigenvalue weighted by Gasteiger charge is 2.43. The highest BCUT2D eigenvalue weighted by atomic mass is 16.5. The molecule has 0 aromatic heterocycles. The Morgan fingerprint density at radius 2 is 2.17 bits per heavy atom. The molecule has 0 aromatic rings. The van der Waals surface area contributed by atoms with Crippen LogP contribution < -0.4 is 5.32 Å². The number of carbonyl (C=O) groups is 1. The zero-order valence-corrected chi connectivity index (χ0v) is 11.7. The Kier molecular flexibility index (Phi) is 4.28. The van der Waals surface area contributed by atoms with Gasteiger partial charge in [0.1, 0.15) is 6.04 Å². The molecule has 4 nitrogen and oxygen atoms in total. The summed E-state index contributed by atoms with van der Waals surface area (Å²) in [5.74, 6) is 0.0942. The number of rotatable bonds is 4. The average molecular weight is 255 g/mol. The highest BCUT2D eigenvalue weighted by Crippen LogP contribution is 2.42. The van der Waals surface area contributed by atoms with Gasteiger partial charge in [0, 0.05) is 12.6 Å². The van der Waals surface area contributed by atoms with E-state index >= 15 is 0 Å². The number of methoxy groups -OCH3 is 1. The largest absolute Gasteiger partial charge is 0.468 e. The molecule has 2 atom stereocenters. The molecule has 1 N–H and O–H groups in total. The first kappa shape index (κ1) is 13.8. The van der Waals surface area contributed by atoms with Gasteiger partial charge in [0.15, 0.2) is 0 Å². The normalized spacial score (nSPS) is 27.9. The predicted octanol–water partition coefficient (Wildman–Crippen LogP) is 1.88. The fourth-order valence-corrected chi connectivity index (χ4v) is 3.00. The van der Waals surface area contributed by atoms with Gasteiger partial charge in [-0.3, -0.25) is 4.79 Å². The van der Waals surface area contributed by atoms with Gasteiger partial charge >= 0.3 is 5.97 Å². The summed E-state index contributed by atoms with van der Waals surface area (Å²) in [5.41, 5.74) is 0.119. The number of carbonyl (C=O) groups excluding carboxylic acids is 1. The lowest BCUT2D eigenvalue weighted by Crippen LogP contribution is -2.55. The highest BCUT2D eigenvalue weighted by molar-refractivity contribution is 5.75. The van der Waals surface area contributed by atoms with Crippen LogP contribution in [-0.2, 0) is 14.3 Å². The van der Waals surface area contributed by atoms with Crippen LogP contribution in [0, 0.1) is 5.92 Å². The van der Waals surface area contributed by atoms with Gasteiger partial charge in [-0.05, 0) is 38.0 Å². The minimum Gasteiger partial charge on any atom is -0.468 e. The van der Waals surface area contributed by atoms with Gasteiger partial charge in [0.2, 0.25) is 0 Å². The van der Waals surface area contributed by atoms with Crippen molar-refractivity contribution in [2.45, 2.75) is 63.6 Å². The lowest BCUT2D eigenvalue weighted by atomic mass is 9.73. The lowest BCUT2D eigenvalue weighted by Gasteiger charge is -2.48. The summed E-state index contributed by atoms with van der Waals surface area (Å²) < 4.78 is 10.8. The standard InChI is InChI=1S/C14H25NO3/c1-10(2)12(13(16)17-3)15-11-5-8-18-14(9-11)6-4-7-14/h10-12,15H,4-9H2,1-3H3. The second-order valence-electron chi connectivity index (χ2n) is 5.99. The quantitative estimate of drug-likeness (QED) is 0.779. The van der Waals surface area contributed by atoms with Gasteiger partial charge in [-0.1, -0.05) is 13.8 Å². The number of nitrogens with one attached hydrogen (secondary N) is 1. The summed E-state index contributed by atoms with van der Waals surface area (Å²) in [7, 11) is 1.46. The SMILES string of the molecule is COC(=O)C(NC1CCOC2(CCC2)C1)C(C)C. The Bertz CT molecular complexity index is 299. The van der Waals surface area contributed by atoms with Crippen molar-refractivity contribution in [2.75, 3.05) is 13.7 Å². The van der Waals surface area contributed by atoms with Gasteiger partial charge in [0.05, 0.1) is 12.7 Å². The maximum absolute atomic E-state index is 11.8. The first-order chi connectivity index (χ1) is 8.56. The molecule has 104 valence electrons. The van der Waals surface area contributed by atoms with Crippen LogP contribution in [0.15, 0.2) is 0 Å². The maximum Gasteiger partial charge on any atom is 0.323 e. The van der Waals surface area contributed by atoms with Crippen molar-refractivity contribution >= 4 is 5.97 Å². The molecule has 2 rings (SSSR count). The molecule has 4 heteroatoms. The Morgan fingerprint density at radius 3 is 2.67 bits per heavy atom. The van der Waals surface area contributed by atoms with Gasteiger partial charge in [0.25, 0.3) is 0 Å². The van der Waals surface area contributed by atoms with Gasteiger partial charge < -0.3 is 14.8 Å². The molecular weight excluding hydrogens is 230 g/mol. The number of hydrogen-bond acceptors (Lipinski definition) is 4. The topological polar surface area (TPSA) is 47.6 Å². The van der Waals surface area contributed by atoms with E-state index in [2.05, 4.69) is 5.32 Å². The van der Waals surface area contributed by atoms with Gasteiger partial charge in [-0.2, -0.15) is 0 Å². The molecule has 2 fully saturated rings. The molecule has 1 aliphatic heterocycles. The van der Waals surface area contributed by atoms with Crippen molar-refractivity contribution in [3.63, 3.8) is 0 Å². The van der Waals surface area contributed by atoms with Crippen LogP contribution in [0.2, 0.25) is 0 Å². The molecule has 1 saturated carbocycles. The first-order valence-corrected chi connectivity index (χ1v) is 7.04. The van der Waals surface area contributed by atoms with Crippen LogP contribution in [-0.4, -0.2) is 37.4 Å². The van der Waals surface area contributed by atoms with E-state index in [1.54, 1.807) is 0 Å². The third-order valence-corrected chi connectivity index (χ3v) is 4.29. The summed E-state index contributed by atoms with van der Waals surface area (Å²) in [6, 6.07) is 0.181. The van der Waals surface area contributed by atoms with E-state index in [0.717, 1.165) is 19.4 Å². The molecule has 0 radical (unpaired) electrons. The summed E-state index contributed by atoms with van der Waals surface area (Å²) in [5, 5.41) is 3.47. The van der Waals surface area contributed by atoms with Gasteiger partial charge in [-0.25, -0.2) is 0 Å². The fraction of sp³-hybridized carbons (Fsp3) is 0.929. The zero-order chi connectivity index (χ0) is 13.2. The smallest absolute Gasteiger partial charge is 0.323 e. The molecule has 1 saturated heterocycles. The zero-order valence-electron chi connectivity index (χ0n) is 11.7. The van der Waals surface area contributed by atoms with Crippen LogP contribution in [0.1, 0.15) is 46.0 Å². The van der Waals surface area contributed by atoms with Crippen LogP contribution in [0.4, 0.5) is 0 Å². The minimum atomic E-state index is -0.199. The van der Waals surface area contributed by atoms with E-state index in [0.29, 0.717) is 6.04 Å². The Balaban J connectivity index is 1.92. The molecule has 0 amide bonds. The van der Waals surface area contributed by atoms with Crippen molar-refractivity contribution in [3.8, 4) is 0 Å². The van der Waals surface area contributed by atoms with E-state index in [9.17, 15) is 4.79 Å². The summed E-state index contributed by atoms with van der Waals surface area (Å²) in [6.07, 6.45) is 5.65. The number of esters is 1. The molecule has 0 bridgehead atoms. The van der Waals surface area contributed by atoms with Crippen LogP contribution in [0.3, 0.4) is 0 Å². The molecule has 2 aliphatic rings. The Labute approximate surface area is 109 Å². The summed E-state index contributed by atoms with van der Waals surface area (Å²) in [4.78, 5) is 11.8. The van der Waals surface area contributed by atoms with E-state index in [-0.39, 0.29) is 23.5 Å².